The molecule has 0 bridgehead atoms. The van der Waals surface area contributed by atoms with E-state index in [1.807, 2.05) is 12.1 Å². The number of fused-ring (bicyclic) bond motifs is 3. The molecule has 2 heterocycles. The molecule has 0 aliphatic carbocycles. The van der Waals surface area contributed by atoms with Crippen LogP contribution in [0.25, 0.3) is 10.9 Å². The van der Waals surface area contributed by atoms with E-state index in [0.29, 0.717) is 6.54 Å². The van der Waals surface area contributed by atoms with Gasteiger partial charge in [0.25, 0.3) is 0 Å². The lowest BCUT2D eigenvalue weighted by atomic mass is 9.93. The molecule has 1 N–H and O–H groups in total. The molecule has 6 heteroatoms. The van der Waals surface area contributed by atoms with Crippen LogP contribution in [0, 0.1) is 0 Å². The Morgan fingerprint density at radius 3 is 3.05 bits per heavy atom. The van der Waals surface area contributed by atoms with E-state index in [2.05, 4.69) is 30.0 Å². The van der Waals surface area contributed by atoms with Gasteiger partial charge in [0.2, 0.25) is 5.91 Å². The highest BCUT2D eigenvalue weighted by Crippen LogP contribution is 2.31. The van der Waals surface area contributed by atoms with Crippen molar-refractivity contribution in [3.05, 3.63) is 29.5 Å². The van der Waals surface area contributed by atoms with Gasteiger partial charge in [0.15, 0.2) is 0 Å². The molecule has 1 aromatic carbocycles. The first-order valence-electron chi connectivity index (χ1n) is 6.70. The van der Waals surface area contributed by atoms with Gasteiger partial charge in [-0.2, -0.15) is 0 Å². The van der Waals surface area contributed by atoms with E-state index in [1.165, 1.54) is 11.3 Å². The molecule has 0 saturated heterocycles. The summed E-state index contributed by atoms with van der Waals surface area (Å²) in [5.74, 6) is 0.00116. The third kappa shape index (κ3) is 2.15. The Hall–Kier alpha value is -1.32. The fourth-order valence-electron chi connectivity index (χ4n) is 2.95. The van der Waals surface area contributed by atoms with E-state index < -0.39 is 0 Å². The van der Waals surface area contributed by atoms with Crippen LogP contribution in [0.5, 0.6) is 0 Å². The number of carbonyl (C=O) groups excluding carboxylic acids is 1. The molecule has 4 nitrogen and oxygen atoms in total. The van der Waals surface area contributed by atoms with Gasteiger partial charge >= 0.3 is 0 Å². The van der Waals surface area contributed by atoms with E-state index in [1.54, 1.807) is 7.05 Å². The van der Waals surface area contributed by atoms with Crippen molar-refractivity contribution in [2.45, 2.75) is 19.5 Å². The zero-order valence-corrected chi connectivity index (χ0v) is 12.7. The molecule has 1 atom stereocenters. The summed E-state index contributed by atoms with van der Waals surface area (Å²) < 4.78 is 4.30. The topological polar surface area (TPSA) is 37.3 Å². The average Bonchev–Trinajstić information content (AvgIpc) is 2.74. The second kappa shape index (κ2) is 5.23. The molecule has 0 fully saturated rings. The Labute approximate surface area is 122 Å². The van der Waals surface area contributed by atoms with Crippen molar-refractivity contribution in [2.75, 3.05) is 13.6 Å². The second-order valence-electron chi connectivity index (χ2n) is 5.15. The number of likely N-dealkylation sites (N-methyl/N-ethyl adjacent to an activating group) is 1. The number of nitrogens with one attached hydrogen (secondary N) is 1. The summed E-state index contributed by atoms with van der Waals surface area (Å²) >= 11 is 0. The largest absolute Gasteiger partial charge is 0.358 e. The van der Waals surface area contributed by atoms with Crippen molar-refractivity contribution in [2.24, 2.45) is 0 Å². The Bertz CT molecular complexity index is 683. The van der Waals surface area contributed by atoms with Crippen molar-refractivity contribution in [3.8, 4) is 0 Å². The van der Waals surface area contributed by atoms with E-state index in [-0.39, 0.29) is 5.91 Å². The minimum atomic E-state index is 0.00116. The first-order valence-corrected chi connectivity index (χ1v) is 7.22. The maximum atomic E-state index is 11.8. The summed E-state index contributed by atoms with van der Waals surface area (Å²) in [4.78, 5) is 11.8. The summed E-state index contributed by atoms with van der Waals surface area (Å²) in [7, 11) is 10.6. The Morgan fingerprint density at radius 1 is 1.50 bits per heavy atom. The van der Waals surface area contributed by atoms with Crippen LogP contribution in [0.1, 0.15) is 11.3 Å². The maximum Gasteiger partial charge on any atom is 0.239 e. The smallest absolute Gasteiger partial charge is 0.239 e. The lowest BCUT2D eigenvalue weighted by Gasteiger charge is -2.23. The van der Waals surface area contributed by atoms with Gasteiger partial charge in [-0.05, 0) is 5.56 Å². The van der Waals surface area contributed by atoms with Crippen LogP contribution in [0.2, 0.25) is 0 Å². The van der Waals surface area contributed by atoms with Gasteiger partial charge in [0.05, 0.1) is 0 Å². The fourth-order valence-corrected chi connectivity index (χ4v) is 3.26. The number of para-hydroxylation sites is 1. The average molecular weight is 285 g/mol. The van der Waals surface area contributed by atoms with Gasteiger partial charge in [0.1, 0.15) is 14.4 Å². The molecule has 1 aromatic heterocycles. The molecule has 0 spiro atoms. The Morgan fingerprint density at radius 2 is 2.30 bits per heavy atom. The SMILES string of the molecule is [B]c1cccc2c3c(n(CC(=O)NC)c12)CCN(P)C3. The van der Waals surface area contributed by atoms with Gasteiger partial charge in [-0.3, -0.25) is 9.46 Å². The highest BCUT2D eigenvalue weighted by molar-refractivity contribution is 7.13. The molecule has 2 radical (unpaired) electrons. The minimum absolute atomic E-state index is 0.00116. The van der Waals surface area contributed by atoms with Gasteiger partial charge in [-0.15, -0.1) is 0 Å². The van der Waals surface area contributed by atoms with Gasteiger partial charge in [0, 0.05) is 43.2 Å². The number of nitrogens with zero attached hydrogens (tertiary/aromatic N) is 2. The van der Waals surface area contributed by atoms with E-state index in [0.717, 1.165) is 35.9 Å². The third-order valence-corrected chi connectivity index (χ3v) is 4.35. The van der Waals surface area contributed by atoms with Gasteiger partial charge in [-0.25, -0.2) is 0 Å². The number of hydrogen-bond acceptors (Lipinski definition) is 2. The molecule has 1 aliphatic rings. The fraction of sp³-hybridized carbons (Fsp3) is 0.357. The Kier molecular flexibility index (Phi) is 3.57. The Balaban J connectivity index is 2.24. The van der Waals surface area contributed by atoms with Gasteiger partial charge < -0.3 is 9.88 Å². The van der Waals surface area contributed by atoms with E-state index in [9.17, 15) is 4.79 Å². The van der Waals surface area contributed by atoms with E-state index >= 15 is 0 Å². The van der Waals surface area contributed by atoms with Gasteiger partial charge in [-0.1, -0.05) is 33.1 Å². The van der Waals surface area contributed by atoms with Crippen LogP contribution >= 0.6 is 9.39 Å². The molecule has 0 saturated carbocycles. The maximum absolute atomic E-state index is 11.8. The molecule has 3 rings (SSSR count). The highest BCUT2D eigenvalue weighted by Gasteiger charge is 2.23. The summed E-state index contributed by atoms with van der Waals surface area (Å²) in [6.07, 6.45) is 0.934. The summed E-state index contributed by atoms with van der Waals surface area (Å²) in [5, 5.41) is 3.85. The van der Waals surface area contributed by atoms with Crippen LogP contribution in [0.3, 0.4) is 0 Å². The molecule has 1 unspecified atom stereocenters. The lowest BCUT2D eigenvalue weighted by Crippen LogP contribution is -2.28. The first-order chi connectivity index (χ1) is 9.61. The second-order valence-corrected chi connectivity index (χ2v) is 5.88. The molecule has 20 heavy (non-hydrogen) atoms. The lowest BCUT2D eigenvalue weighted by molar-refractivity contribution is -0.121. The molecule has 1 amide bonds. The number of amides is 1. The molecule has 102 valence electrons. The normalized spacial score (nSPS) is 15.3. The van der Waals surface area contributed by atoms with Crippen LogP contribution < -0.4 is 10.8 Å². The standard InChI is InChI=1S/C14H17BN3OP/c1-16-13(19)8-18-12-5-6-17(20)7-10(12)9-3-2-4-11(15)14(9)18/h2-4H,5-8,20H2,1H3,(H,16,19). The predicted octanol–water partition coefficient (Wildman–Crippen LogP) is 0.329. The quantitative estimate of drug-likeness (QED) is 0.638. The number of hydrogen-bond donors (Lipinski definition) is 1. The van der Waals surface area contributed by atoms with Crippen LogP contribution in [-0.4, -0.2) is 36.6 Å². The monoisotopic (exact) mass is 285 g/mol. The van der Waals surface area contributed by atoms with Crippen LogP contribution in [0.4, 0.5) is 0 Å². The number of benzene rings is 1. The minimum Gasteiger partial charge on any atom is -0.358 e. The van der Waals surface area contributed by atoms with E-state index in [4.69, 9.17) is 7.85 Å². The van der Waals surface area contributed by atoms with Crippen LogP contribution in [-0.2, 0) is 24.3 Å². The first kappa shape index (κ1) is 13.7. The molecule has 1 aliphatic heterocycles. The van der Waals surface area contributed by atoms with Crippen LogP contribution in [0.15, 0.2) is 18.2 Å². The third-order valence-electron chi connectivity index (χ3n) is 3.91. The van der Waals surface area contributed by atoms with Crippen molar-refractivity contribution >= 4 is 39.5 Å². The van der Waals surface area contributed by atoms with Crippen molar-refractivity contribution in [3.63, 3.8) is 0 Å². The number of carbonyl (C=O) groups is 1. The number of rotatable bonds is 2. The zero-order valence-electron chi connectivity index (χ0n) is 11.5. The van der Waals surface area contributed by atoms with Crippen molar-refractivity contribution in [1.82, 2.24) is 14.6 Å². The molecule has 2 aromatic rings. The summed E-state index contributed by atoms with van der Waals surface area (Å²) in [5.41, 5.74) is 4.25. The summed E-state index contributed by atoms with van der Waals surface area (Å²) in [6, 6.07) is 5.96. The summed E-state index contributed by atoms with van der Waals surface area (Å²) in [6.45, 7) is 2.18. The molecular formula is C14H17BN3OP. The molecular weight excluding hydrogens is 268 g/mol. The predicted molar refractivity (Wildman–Crippen MR) is 85.2 cm³/mol. The number of aromatic nitrogens is 1. The van der Waals surface area contributed by atoms with Crippen molar-refractivity contribution < 1.29 is 4.79 Å². The zero-order chi connectivity index (χ0) is 14.3. The van der Waals surface area contributed by atoms with Crippen molar-refractivity contribution in [1.29, 1.82) is 0 Å². The highest BCUT2D eigenvalue weighted by atomic mass is 31.0.